The summed E-state index contributed by atoms with van der Waals surface area (Å²) in [6.07, 6.45) is 1.26. The van der Waals surface area contributed by atoms with Gasteiger partial charge in [-0.2, -0.15) is 0 Å². The van der Waals surface area contributed by atoms with Crippen molar-refractivity contribution in [3.05, 3.63) is 54.0 Å². The van der Waals surface area contributed by atoms with E-state index in [-0.39, 0.29) is 11.4 Å². The Hall–Kier alpha value is -1.70. The zero-order valence-electron chi connectivity index (χ0n) is 10.4. The maximum atomic E-state index is 13.5. The monoisotopic (exact) mass is 190 g/mol. The molecule has 0 spiro atoms. The number of aromatic nitrogens is 1. The van der Waals surface area contributed by atoms with E-state index in [1.807, 2.05) is 0 Å². The summed E-state index contributed by atoms with van der Waals surface area (Å²) in [5.74, 6) is -0.373. The maximum absolute atomic E-state index is 13.5. The maximum Gasteiger partial charge on any atom is 0.132 e. The van der Waals surface area contributed by atoms with Crippen molar-refractivity contribution in [3.8, 4) is 11.3 Å². The van der Waals surface area contributed by atoms with Crippen molar-refractivity contribution < 1.29 is 8.50 Å². The minimum Gasteiger partial charge on any atom is -0.256 e. The van der Waals surface area contributed by atoms with Gasteiger partial charge in [-0.1, -0.05) is 18.2 Å². The van der Waals surface area contributed by atoms with Gasteiger partial charge in [0.2, 0.25) is 0 Å². The van der Waals surface area contributed by atoms with Crippen LogP contribution in [0.4, 0.5) is 4.39 Å². The van der Waals surface area contributed by atoms with Crippen LogP contribution < -0.4 is 0 Å². The summed E-state index contributed by atoms with van der Waals surface area (Å²) in [5.41, 5.74) is 0.943. The molecular weight excluding hydrogens is 177 g/mol. The molecule has 0 saturated carbocycles. The average molecular weight is 190 g/mol. The van der Waals surface area contributed by atoms with Crippen LogP contribution in [0.5, 0.6) is 0 Å². The predicted molar refractivity (Wildman–Crippen MR) is 54.4 cm³/mol. The molecule has 0 atom stereocenters. The minimum atomic E-state index is -2.18. The Kier molecular flexibility index (Phi) is 1.51. The van der Waals surface area contributed by atoms with Gasteiger partial charge in [0.25, 0.3) is 0 Å². The van der Waals surface area contributed by atoms with Crippen LogP contribution in [-0.2, 0) is 0 Å². The quantitative estimate of drug-likeness (QED) is 0.673. The van der Waals surface area contributed by atoms with E-state index >= 15 is 0 Å². The van der Waals surface area contributed by atoms with E-state index in [0.717, 1.165) is 0 Å². The van der Waals surface area contributed by atoms with Crippen molar-refractivity contribution in [2.45, 2.75) is 6.85 Å². The molecular formula is C12H10FN. The molecule has 1 aromatic heterocycles. The molecule has 0 amide bonds. The molecule has 0 unspecified atom stereocenters. The Bertz CT molecular complexity index is 520. The summed E-state index contributed by atoms with van der Waals surface area (Å²) < 4.78 is 35.1. The van der Waals surface area contributed by atoms with Crippen molar-refractivity contribution >= 4 is 0 Å². The molecule has 0 aliphatic heterocycles. The van der Waals surface area contributed by atoms with Gasteiger partial charge in [0, 0.05) is 15.9 Å². The van der Waals surface area contributed by atoms with Gasteiger partial charge in [-0.15, -0.1) is 0 Å². The molecule has 1 aromatic carbocycles. The molecule has 0 aliphatic rings. The van der Waals surface area contributed by atoms with Gasteiger partial charge in [-0.25, -0.2) is 4.39 Å². The first kappa shape index (κ1) is 5.91. The van der Waals surface area contributed by atoms with Crippen molar-refractivity contribution in [1.29, 1.82) is 0 Å². The van der Waals surface area contributed by atoms with Gasteiger partial charge in [0.05, 0.1) is 5.69 Å². The Labute approximate surface area is 86.5 Å². The first-order valence-corrected chi connectivity index (χ1v) is 4.20. The van der Waals surface area contributed by atoms with Gasteiger partial charge < -0.3 is 0 Å². The van der Waals surface area contributed by atoms with Gasteiger partial charge in [-0.05, 0) is 30.6 Å². The number of halogens is 1. The van der Waals surface area contributed by atoms with Crippen molar-refractivity contribution in [3.63, 3.8) is 0 Å². The lowest BCUT2D eigenvalue weighted by Gasteiger charge is -2.01. The van der Waals surface area contributed by atoms with Crippen molar-refractivity contribution in [2.75, 3.05) is 0 Å². The highest BCUT2D eigenvalue weighted by molar-refractivity contribution is 5.59. The fourth-order valence-corrected chi connectivity index (χ4v) is 1.22. The van der Waals surface area contributed by atoms with Crippen LogP contribution in [-0.4, -0.2) is 4.98 Å². The molecule has 1 nitrogen and oxygen atoms in total. The first-order chi connectivity index (χ1) is 7.98. The number of benzene rings is 1. The molecule has 70 valence electrons. The van der Waals surface area contributed by atoms with Crippen LogP contribution in [0.2, 0.25) is 0 Å². The highest BCUT2D eigenvalue weighted by Crippen LogP contribution is 2.19. The summed E-state index contributed by atoms with van der Waals surface area (Å²) in [4.78, 5) is 3.98. The van der Waals surface area contributed by atoms with Crippen LogP contribution in [0.15, 0.2) is 42.6 Å². The molecule has 1 heterocycles. The Morgan fingerprint density at radius 2 is 2.07 bits per heavy atom. The van der Waals surface area contributed by atoms with Crippen LogP contribution in [0.25, 0.3) is 11.3 Å². The normalized spacial score (nSPS) is 14.2. The van der Waals surface area contributed by atoms with E-state index in [4.69, 9.17) is 4.11 Å². The second-order valence-electron chi connectivity index (χ2n) is 2.91. The molecule has 2 rings (SSSR count). The summed E-state index contributed by atoms with van der Waals surface area (Å²) in [6.45, 7) is -2.18. The zero-order chi connectivity index (χ0) is 12.5. The molecule has 0 bridgehead atoms. The van der Waals surface area contributed by atoms with Crippen molar-refractivity contribution in [1.82, 2.24) is 4.98 Å². The van der Waals surface area contributed by atoms with E-state index in [1.165, 1.54) is 24.4 Å². The van der Waals surface area contributed by atoms with Crippen LogP contribution in [0, 0.1) is 12.7 Å². The van der Waals surface area contributed by atoms with E-state index in [9.17, 15) is 4.39 Å². The molecule has 0 aliphatic carbocycles. The number of rotatable bonds is 1. The zero-order valence-corrected chi connectivity index (χ0v) is 7.37. The van der Waals surface area contributed by atoms with E-state index < -0.39 is 6.85 Å². The predicted octanol–water partition coefficient (Wildman–Crippen LogP) is 3.20. The fourth-order valence-electron chi connectivity index (χ4n) is 1.22. The Morgan fingerprint density at radius 3 is 2.71 bits per heavy atom. The van der Waals surface area contributed by atoms with Crippen molar-refractivity contribution in [2.24, 2.45) is 0 Å². The van der Waals surface area contributed by atoms with Gasteiger partial charge in [-0.3, -0.25) is 4.98 Å². The number of pyridine rings is 1. The third-order valence-corrected chi connectivity index (χ3v) is 1.91. The minimum absolute atomic E-state index is 0.151. The molecule has 0 N–H and O–H groups in total. The second kappa shape index (κ2) is 3.58. The van der Waals surface area contributed by atoms with Gasteiger partial charge >= 0.3 is 0 Å². The molecule has 0 radical (unpaired) electrons. The lowest BCUT2D eigenvalue weighted by Crippen LogP contribution is -1.87. The Morgan fingerprint density at radius 1 is 1.21 bits per heavy atom. The lowest BCUT2D eigenvalue weighted by atomic mass is 10.1. The molecule has 2 aromatic rings. The highest BCUT2D eigenvalue weighted by Gasteiger charge is 2.03. The summed E-state index contributed by atoms with van der Waals surface area (Å²) >= 11 is 0. The summed E-state index contributed by atoms with van der Waals surface area (Å²) in [5, 5.41) is 0. The van der Waals surface area contributed by atoms with Gasteiger partial charge in [0.15, 0.2) is 0 Å². The topological polar surface area (TPSA) is 12.9 Å². The first-order valence-electron chi connectivity index (χ1n) is 5.70. The molecule has 14 heavy (non-hydrogen) atoms. The fraction of sp³-hybridized carbons (Fsp3) is 0.0833. The number of aryl methyl sites for hydroxylation is 1. The largest absolute Gasteiger partial charge is 0.256 e. The summed E-state index contributed by atoms with van der Waals surface area (Å²) in [7, 11) is 0. The SMILES string of the molecule is [2H]C([2H])([2H])c1ccc(-c2ccccc2F)nc1. The standard InChI is InChI=1S/C12H10FN/c1-9-6-7-12(14-8-9)10-4-2-3-5-11(10)13/h2-8H,1H3/i1D3. The van der Waals surface area contributed by atoms with E-state index in [2.05, 4.69) is 4.98 Å². The third-order valence-electron chi connectivity index (χ3n) is 1.91. The van der Waals surface area contributed by atoms with Gasteiger partial charge in [0.1, 0.15) is 5.82 Å². The number of nitrogens with zero attached hydrogens (tertiary/aromatic N) is 1. The Balaban J connectivity index is 2.40. The summed E-state index contributed by atoms with van der Waals surface area (Å²) in [6, 6.07) is 9.21. The van der Waals surface area contributed by atoms with E-state index in [1.54, 1.807) is 18.2 Å². The van der Waals surface area contributed by atoms with Crippen LogP contribution >= 0.6 is 0 Å². The molecule has 0 fully saturated rings. The highest BCUT2D eigenvalue weighted by atomic mass is 19.1. The average Bonchev–Trinajstić information content (AvgIpc) is 2.29. The molecule has 2 heteroatoms. The van der Waals surface area contributed by atoms with Crippen LogP contribution in [0.1, 0.15) is 9.68 Å². The lowest BCUT2D eigenvalue weighted by molar-refractivity contribution is 0.630. The van der Waals surface area contributed by atoms with Crippen LogP contribution in [0.3, 0.4) is 0 Å². The molecule has 0 saturated heterocycles. The number of hydrogen-bond donors (Lipinski definition) is 0. The smallest absolute Gasteiger partial charge is 0.132 e. The second-order valence-corrected chi connectivity index (χ2v) is 2.91. The van der Waals surface area contributed by atoms with E-state index in [0.29, 0.717) is 11.3 Å². The third kappa shape index (κ3) is 1.64. The number of hydrogen-bond acceptors (Lipinski definition) is 1.